The van der Waals surface area contributed by atoms with Gasteiger partial charge < -0.3 is 9.47 Å². The van der Waals surface area contributed by atoms with Gasteiger partial charge in [0.15, 0.2) is 6.29 Å². The Morgan fingerprint density at radius 2 is 0.893 bits per heavy atom. The van der Waals surface area contributed by atoms with E-state index in [0.29, 0.717) is 4.28 Å². The van der Waals surface area contributed by atoms with E-state index in [1.165, 1.54) is 11.2 Å². The lowest BCUT2D eigenvalue weighted by Gasteiger charge is -2.85. The summed E-state index contributed by atoms with van der Waals surface area (Å²) in [6.07, 6.45) is 1.26. The lowest BCUT2D eigenvalue weighted by Crippen LogP contribution is -3.00. The van der Waals surface area contributed by atoms with E-state index in [0.717, 1.165) is 13.2 Å². The second-order valence-corrected chi connectivity index (χ2v) is 63.4. The van der Waals surface area contributed by atoms with Crippen LogP contribution in [0.5, 0.6) is 0 Å². The number of hydrogen-bond acceptors (Lipinski definition) is 2. The second kappa shape index (κ2) is 7.11. The molecular formula is C20H50O2Si6. The van der Waals surface area contributed by atoms with Crippen LogP contribution in [0.15, 0.2) is 0 Å². The number of ether oxygens (including phenoxy) is 2. The van der Waals surface area contributed by atoms with Gasteiger partial charge in [0.1, 0.15) is 0 Å². The Kier molecular flexibility index (Phi) is 6.47. The van der Waals surface area contributed by atoms with E-state index in [2.05, 4.69) is 92.4 Å². The molecule has 0 aromatic carbocycles. The van der Waals surface area contributed by atoms with Crippen molar-refractivity contribution in [3.8, 4) is 0 Å². The van der Waals surface area contributed by atoms with Crippen LogP contribution in [0.2, 0.25) is 87.6 Å². The Morgan fingerprint density at radius 1 is 0.607 bits per heavy atom. The lowest BCUT2D eigenvalue weighted by atomic mass is 10.4. The van der Waals surface area contributed by atoms with Crippen LogP contribution in [0.1, 0.15) is 20.3 Å². The molecule has 3 aliphatic heterocycles. The van der Waals surface area contributed by atoms with Gasteiger partial charge in [-0.1, -0.05) is 83.4 Å². The molecule has 2 bridgehead atoms. The van der Waals surface area contributed by atoms with Crippen molar-refractivity contribution < 1.29 is 9.47 Å². The van der Waals surface area contributed by atoms with Crippen LogP contribution >= 0.6 is 0 Å². The summed E-state index contributed by atoms with van der Waals surface area (Å²) in [4.78, 5) is 1.22. The molecule has 3 fully saturated rings. The minimum absolute atomic E-state index is 0.0226. The van der Waals surface area contributed by atoms with Gasteiger partial charge in [0, 0.05) is 58.8 Å². The molecule has 0 spiro atoms. The quantitative estimate of drug-likeness (QED) is 0.310. The molecule has 0 aliphatic carbocycles. The van der Waals surface area contributed by atoms with E-state index in [9.17, 15) is 0 Å². The fraction of sp³-hybridized carbons (Fsp3) is 1.00. The summed E-state index contributed by atoms with van der Waals surface area (Å²) in [6, 6.07) is 0. The molecule has 8 heteroatoms. The van der Waals surface area contributed by atoms with Gasteiger partial charge in [-0.15, -0.1) is 0 Å². The summed E-state index contributed by atoms with van der Waals surface area (Å²) in [7, 11) is -8.27. The first-order chi connectivity index (χ1) is 12.4. The van der Waals surface area contributed by atoms with Crippen LogP contribution in [-0.4, -0.2) is 65.1 Å². The summed E-state index contributed by atoms with van der Waals surface area (Å²) in [5.41, 5.74) is 0. The normalized spacial score (nSPS) is 35.9. The van der Waals surface area contributed by atoms with Crippen LogP contribution in [-0.2, 0) is 9.47 Å². The van der Waals surface area contributed by atoms with Crippen molar-refractivity contribution in [2.45, 2.75) is 114 Å². The Hall–Kier alpha value is 1.22. The van der Waals surface area contributed by atoms with Gasteiger partial charge in [-0.3, -0.25) is 0 Å². The largest absolute Gasteiger partial charge is 0.353 e. The maximum Gasteiger partial charge on any atom is 0.157 e. The zero-order valence-electron chi connectivity index (χ0n) is 21.6. The average molecular weight is 491 g/mol. The standard InChI is InChI=1S/C20H50O2Si6/c1-15-21-18(22-16-2)17-20-26(9,10)23(3,4)19(24(5,6)27(20,11)12)25(7,8)28(20,13)14/h18-19H,15-17H2,1-14H3. The molecule has 2 nitrogen and oxygen atoms in total. The molecule has 0 aromatic rings. The molecule has 0 unspecified atom stereocenters. The maximum absolute atomic E-state index is 6.30. The molecule has 3 rings (SSSR count). The van der Waals surface area contributed by atoms with Crippen LogP contribution in [0.3, 0.4) is 0 Å². The fourth-order valence-electron chi connectivity index (χ4n) is 9.34. The summed E-state index contributed by atoms with van der Waals surface area (Å²) in [6.45, 7) is 40.1. The predicted molar refractivity (Wildman–Crippen MR) is 143 cm³/mol. The molecule has 0 atom stereocenters. The summed E-state index contributed by atoms with van der Waals surface area (Å²) >= 11 is 0. The SMILES string of the molecule is CCOC(CC12[Si](C)(C)[Si](C)(C)C([Si](C)(C)[Si]1(C)C)[Si](C)(C)[Si]2(C)C)OCC. The average Bonchev–Trinajstić information content (AvgIpc) is 2.48. The first-order valence-electron chi connectivity index (χ1n) is 11.6. The first-order valence-corrected chi connectivity index (χ1v) is 32.8. The summed E-state index contributed by atoms with van der Waals surface area (Å²) < 4.78 is 13.3. The Labute approximate surface area is 182 Å². The van der Waals surface area contributed by atoms with E-state index in [1.807, 2.05) is 0 Å². The fourth-order valence-corrected chi connectivity index (χ4v) is 155. The smallest absolute Gasteiger partial charge is 0.157 e. The van der Waals surface area contributed by atoms with Crippen molar-refractivity contribution in [3.05, 3.63) is 0 Å². The Balaban J connectivity index is 2.90. The molecule has 28 heavy (non-hydrogen) atoms. The van der Waals surface area contributed by atoms with Crippen molar-refractivity contribution >= 4 is 45.5 Å². The molecule has 3 aliphatic rings. The van der Waals surface area contributed by atoms with Gasteiger partial charge in [-0.2, -0.15) is 0 Å². The van der Waals surface area contributed by atoms with Gasteiger partial charge in [0.25, 0.3) is 0 Å². The molecule has 0 saturated carbocycles. The van der Waals surface area contributed by atoms with Crippen LogP contribution in [0, 0.1) is 0 Å². The number of hydrogen-bond donors (Lipinski definition) is 0. The minimum atomic E-state index is -1.45. The van der Waals surface area contributed by atoms with E-state index >= 15 is 0 Å². The Bertz CT molecular complexity index is 536. The van der Waals surface area contributed by atoms with Gasteiger partial charge >= 0.3 is 0 Å². The van der Waals surface area contributed by atoms with Crippen molar-refractivity contribution in [1.29, 1.82) is 0 Å². The van der Waals surface area contributed by atoms with Crippen molar-refractivity contribution in [2.24, 2.45) is 0 Å². The van der Waals surface area contributed by atoms with E-state index in [1.54, 1.807) is 0 Å². The minimum Gasteiger partial charge on any atom is -0.353 e. The van der Waals surface area contributed by atoms with Crippen molar-refractivity contribution in [3.63, 3.8) is 0 Å². The van der Waals surface area contributed by atoms with Crippen LogP contribution < -0.4 is 0 Å². The second-order valence-electron chi connectivity index (χ2n) is 12.9. The highest BCUT2D eigenvalue weighted by atomic mass is 29.4. The van der Waals surface area contributed by atoms with Gasteiger partial charge in [0.2, 0.25) is 0 Å². The highest BCUT2D eigenvalue weighted by molar-refractivity contribution is 7.76. The zero-order chi connectivity index (χ0) is 22.2. The first kappa shape index (κ1) is 25.5. The predicted octanol–water partition coefficient (Wildman–Crippen LogP) is 6.56. The molecule has 0 amide bonds. The summed E-state index contributed by atoms with van der Waals surface area (Å²) in [5.74, 6) is 0. The van der Waals surface area contributed by atoms with E-state index < -0.39 is 45.5 Å². The zero-order valence-corrected chi connectivity index (χ0v) is 27.6. The molecule has 0 aromatic heterocycles. The van der Waals surface area contributed by atoms with Crippen LogP contribution in [0.25, 0.3) is 0 Å². The third kappa shape index (κ3) is 2.64. The monoisotopic (exact) mass is 490 g/mol. The molecular weight excluding hydrogens is 441 g/mol. The van der Waals surface area contributed by atoms with Gasteiger partial charge in [0.05, 0.1) is 0 Å². The topological polar surface area (TPSA) is 18.5 Å². The van der Waals surface area contributed by atoms with Crippen LogP contribution in [0.4, 0.5) is 0 Å². The highest BCUT2D eigenvalue weighted by Gasteiger charge is 2.87. The van der Waals surface area contributed by atoms with E-state index in [-0.39, 0.29) is 6.29 Å². The highest BCUT2D eigenvalue weighted by Crippen LogP contribution is 2.76. The number of rotatable bonds is 6. The van der Waals surface area contributed by atoms with E-state index in [4.69, 9.17) is 9.47 Å². The third-order valence-electron chi connectivity index (χ3n) is 11.4. The summed E-state index contributed by atoms with van der Waals surface area (Å²) in [5, 5.41) is 0. The Morgan fingerprint density at radius 3 is 1.14 bits per heavy atom. The van der Waals surface area contributed by atoms with Gasteiger partial charge in [-0.25, -0.2) is 0 Å². The van der Waals surface area contributed by atoms with Gasteiger partial charge in [-0.05, 0) is 24.6 Å². The molecule has 166 valence electrons. The number of fused-ring (bicyclic) bond motifs is 3. The molecule has 0 N–H and O–H groups in total. The molecule has 0 radical (unpaired) electrons. The molecule has 3 saturated heterocycles. The maximum atomic E-state index is 6.30. The third-order valence-corrected chi connectivity index (χ3v) is 102. The van der Waals surface area contributed by atoms with Crippen molar-refractivity contribution in [2.75, 3.05) is 13.2 Å². The lowest BCUT2D eigenvalue weighted by molar-refractivity contribution is -0.139. The molecule has 3 heterocycles. The van der Waals surface area contributed by atoms with Crippen molar-refractivity contribution in [1.82, 2.24) is 0 Å².